The number of H-pyrrole nitrogens is 1. The Morgan fingerprint density at radius 1 is 0.875 bits per heavy atom. The van der Waals surface area contributed by atoms with E-state index in [-0.39, 0.29) is 7.43 Å². The maximum Gasteiger partial charge on any atom is 0.141 e. The number of imidazole rings is 1. The SMILES string of the molecule is C.Cc1noc(C)c1-c1cc(-c2c(C)noc2C)c2nc[nH]c2c1. The highest BCUT2D eigenvalue weighted by molar-refractivity contribution is 5.97. The van der Waals surface area contributed by atoms with Crippen LogP contribution in [0, 0.1) is 27.7 Å². The number of hydrogen-bond acceptors (Lipinski definition) is 5. The monoisotopic (exact) mass is 324 g/mol. The van der Waals surface area contributed by atoms with Crippen LogP contribution >= 0.6 is 0 Å². The van der Waals surface area contributed by atoms with Crippen LogP contribution in [0.5, 0.6) is 0 Å². The second-order valence-corrected chi connectivity index (χ2v) is 5.72. The van der Waals surface area contributed by atoms with Gasteiger partial charge in [0.25, 0.3) is 0 Å². The lowest BCUT2D eigenvalue weighted by Crippen LogP contribution is -1.89. The smallest absolute Gasteiger partial charge is 0.141 e. The van der Waals surface area contributed by atoms with Gasteiger partial charge in [-0.2, -0.15) is 0 Å². The molecule has 0 radical (unpaired) electrons. The van der Waals surface area contributed by atoms with Crippen molar-refractivity contribution in [2.45, 2.75) is 35.1 Å². The summed E-state index contributed by atoms with van der Waals surface area (Å²) >= 11 is 0. The highest BCUT2D eigenvalue weighted by atomic mass is 16.5. The predicted octanol–water partition coefficient (Wildman–Crippen LogP) is 4.74. The number of hydrogen-bond donors (Lipinski definition) is 1. The fraction of sp³-hybridized carbons (Fsp3) is 0.278. The predicted molar refractivity (Wildman–Crippen MR) is 92.8 cm³/mol. The number of aryl methyl sites for hydroxylation is 4. The zero-order valence-corrected chi connectivity index (χ0v) is 13.4. The summed E-state index contributed by atoms with van der Waals surface area (Å²) in [6, 6.07) is 4.17. The molecule has 0 spiro atoms. The first-order valence-electron chi connectivity index (χ1n) is 7.40. The van der Waals surface area contributed by atoms with Crippen LogP contribution in [-0.2, 0) is 0 Å². The first kappa shape index (κ1) is 16.0. The van der Waals surface area contributed by atoms with Gasteiger partial charge in [-0.15, -0.1) is 0 Å². The molecular weight excluding hydrogens is 304 g/mol. The molecule has 3 heterocycles. The molecule has 0 aliphatic carbocycles. The minimum Gasteiger partial charge on any atom is -0.361 e. The summed E-state index contributed by atoms with van der Waals surface area (Å²) in [4.78, 5) is 7.65. The molecule has 24 heavy (non-hydrogen) atoms. The summed E-state index contributed by atoms with van der Waals surface area (Å²) in [6.07, 6.45) is 1.70. The average Bonchev–Trinajstić information content (AvgIpc) is 3.19. The maximum absolute atomic E-state index is 5.33. The van der Waals surface area contributed by atoms with Gasteiger partial charge >= 0.3 is 0 Å². The van der Waals surface area contributed by atoms with E-state index in [9.17, 15) is 0 Å². The van der Waals surface area contributed by atoms with Crippen molar-refractivity contribution in [1.29, 1.82) is 0 Å². The van der Waals surface area contributed by atoms with E-state index in [0.717, 1.165) is 56.2 Å². The number of nitrogens with one attached hydrogen (secondary N) is 1. The Bertz CT molecular complexity index is 984. The Labute approximate surface area is 139 Å². The van der Waals surface area contributed by atoms with Crippen molar-refractivity contribution in [3.8, 4) is 22.3 Å². The van der Waals surface area contributed by atoms with Crippen LogP contribution in [-0.4, -0.2) is 20.3 Å². The molecule has 0 saturated carbocycles. The molecule has 0 saturated heterocycles. The van der Waals surface area contributed by atoms with Gasteiger partial charge in [0.2, 0.25) is 0 Å². The van der Waals surface area contributed by atoms with Crippen molar-refractivity contribution >= 4 is 11.0 Å². The molecular formula is C18H20N4O2. The van der Waals surface area contributed by atoms with Crippen LogP contribution in [0.3, 0.4) is 0 Å². The largest absolute Gasteiger partial charge is 0.361 e. The maximum atomic E-state index is 5.33. The molecule has 0 unspecified atom stereocenters. The van der Waals surface area contributed by atoms with E-state index < -0.39 is 0 Å². The minimum absolute atomic E-state index is 0. The van der Waals surface area contributed by atoms with Crippen LogP contribution in [0.4, 0.5) is 0 Å². The molecule has 0 aliphatic rings. The van der Waals surface area contributed by atoms with E-state index in [1.54, 1.807) is 6.33 Å². The van der Waals surface area contributed by atoms with Gasteiger partial charge in [-0.3, -0.25) is 0 Å². The quantitative estimate of drug-likeness (QED) is 0.576. The van der Waals surface area contributed by atoms with Crippen LogP contribution < -0.4 is 0 Å². The highest BCUT2D eigenvalue weighted by Crippen LogP contribution is 2.37. The van der Waals surface area contributed by atoms with Crippen molar-refractivity contribution in [3.63, 3.8) is 0 Å². The third kappa shape index (κ3) is 2.22. The third-order valence-electron chi connectivity index (χ3n) is 4.15. The summed E-state index contributed by atoms with van der Waals surface area (Å²) in [5.41, 5.74) is 7.59. The second-order valence-electron chi connectivity index (χ2n) is 5.72. The van der Waals surface area contributed by atoms with Gasteiger partial charge in [0.1, 0.15) is 11.5 Å². The van der Waals surface area contributed by atoms with Crippen LogP contribution in [0.2, 0.25) is 0 Å². The molecule has 3 aromatic heterocycles. The molecule has 1 aromatic carbocycles. The zero-order chi connectivity index (χ0) is 16.1. The zero-order valence-electron chi connectivity index (χ0n) is 13.4. The lowest BCUT2D eigenvalue weighted by atomic mass is 9.96. The Morgan fingerprint density at radius 3 is 2.08 bits per heavy atom. The number of fused-ring (bicyclic) bond motifs is 1. The van der Waals surface area contributed by atoms with E-state index in [2.05, 4.69) is 32.4 Å². The molecule has 0 bridgehead atoms. The van der Waals surface area contributed by atoms with E-state index in [0.29, 0.717) is 0 Å². The van der Waals surface area contributed by atoms with Crippen molar-refractivity contribution in [2.24, 2.45) is 0 Å². The lowest BCUT2D eigenvalue weighted by molar-refractivity contribution is 0.393. The van der Waals surface area contributed by atoms with Gasteiger partial charge in [-0.25, -0.2) is 4.98 Å². The van der Waals surface area contributed by atoms with Gasteiger partial charge in [-0.05, 0) is 45.4 Å². The molecule has 0 fully saturated rings. The van der Waals surface area contributed by atoms with Gasteiger partial charge in [0.05, 0.1) is 28.7 Å². The molecule has 4 aromatic rings. The molecule has 0 atom stereocenters. The third-order valence-corrected chi connectivity index (χ3v) is 4.15. The summed E-state index contributed by atoms with van der Waals surface area (Å²) in [5, 5.41) is 8.12. The Kier molecular flexibility index (Phi) is 3.75. The van der Waals surface area contributed by atoms with Crippen molar-refractivity contribution in [2.75, 3.05) is 0 Å². The molecule has 1 N–H and O–H groups in total. The lowest BCUT2D eigenvalue weighted by Gasteiger charge is -2.07. The van der Waals surface area contributed by atoms with E-state index >= 15 is 0 Å². The first-order valence-corrected chi connectivity index (χ1v) is 7.40. The Hall–Kier alpha value is -2.89. The number of rotatable bonds is 2. The second kappa shape index (κ2) is 5.63. The number of benzene rings is 1. The molecule has 0 amide bonds. The number of aromatic nitrogens is 4. The van der Waals surface area contributed by atoms with Crippen molar-refractivity contribution in [3.05, 3.63) is 41.4 Å². The van der Waals surface area contributed by atoms with Crippen LogP contribution in [0.1, 0.15) is 30.3 Å². The summed E-state index contributed by atoms with van der Waals surface area (Å²) < 4.78 is 10.6. The standard InChI is InChI=1S/C17H16N4O2.CH4/c1-8-15(10(3)22-20-8)12-5-13(16-9(2)21-23-11(16)4)17-14(6-12)18-7-19-17;/h5-7H,1-4H3,(H,18,19);1H4. The molecule has 6 heteroatoms. The summed E-state index contributed by atoms with van der Waals surface area (Å²) in [6.45, 7) is 7.71. The van der Waals surface area contributed by atoms with E-state index in [4.69, 9.17) is 9.05 Å². The van der Waals surface area contributed by atoms with E-state index in [1.165, 1.54) is 0 Å². The average molecular weight is 324 g/mol. The van der Waals surface area contributed by atoms with Gasteiger partial charge in [0.15, 0.2) is 0 Å². The normalized spacial score (nSPS) is 11.0. The number of nitrogens with zero attached hydrogens (tertiary/aromatic N) is 3. The van der Waals surface area contributed by atoms with Gasteiger partial charge < -0.3 is 14.0 Å². The van der Waals surface area contributed by atoms with Crippen LogP contribution in [0.15, 0.2) is 27.5 Å². The fourth-order valence-electron chi connectivity index (χ4n) is 3.15. The highest BCUT2D eigenvalue weighted by Gasteiger charge is 2.19. The van der Waals surface area contributed by atoms with Gasteiger partial charge in [0, 0.05) is 16.7 Å². The van der Waals surface area contributed by atoms with Crippen molar-refractivity contribution in [1.82, 2.24) is 20.3 Å². The van der Waals surface area contributed by atoms with Crippen LogP contribution in [0.25, 0.3) is 33.3 Å². The Balaban J connectivity index is 0.00000169. The molecule has 124 valence electrons. The van der Waals surface area contributed by atoms with Gasteiger partial charge in [-0.1, -0.05) is 17.7 Å². The van der Waals surface area contributed by atoms with E-state index in [1.807, 2.05) is 27.7 Å². The topological polar surface area (TPSA) is 80.7 Å². The Morgan fingerprint density at radius 2 is 1.50 bits per heavy atom. The molecule has 4 rings (SSSR count). The van der Waals surface area contributed by atoms with Crippen molar-refractivity contribution < 1.29 is 9.05 Å². The summed E-state index contributed by atoms with van der Waals surface area (Å²) in [5.74, 6) is 1.58. The molecule has 6 nitrogen and oxygen atoms in total. The minimum atomic E-state index is 0. The molecule has 0 aliphatic heterocycles. The first-order chi connectivity index (χ1) is 11.1. The fourth-order valence-corrected chi connectivity index (χ4v) is 3.15. The number of aromatic amines is 1. The summed E-state index contributed by atoms with van der Waals surface area (Å²) in [7, 11) is 0.